The molecule has 0 radical (unpaired) electrons. The summed E-state index contributed by atoms with van der Waals surface area (Å²) in [6, 6.07) is 6.05. The van der Waals surface area contributed by atoms with Crippen LogP contribution in [0, 0.1) is 0 Å². The molecule has 4 rings (SSSR count). The summed E-state index contributed by atoms with van der Waals surface area (Å²) in [5.74, 6) is 0.133. The maximum Gasteiger partial charge on any atom is 0.328 e. The zero-order valence-corrected chi connectivity index (χ0v) is 27.5. The lowest BCUT2D eigenvalue weighted by Crippen LogP contribution is -2.31. The van der Waals surface area contributed by atoms with Crippen molar-refractivity contribution in [2.45, 2.75) is 37.8 Å². The summed E-state index contributed by atoms with van der Waals surface area (Å²) in [5.41, 5.74) is 7.49. The molecule has 0 saturated heterocycles. The van der Waals surface area contributed by atoms with E-state index in [1.54, 1.807) is 23.0 Å². The van der Waals surface area contributed by atoms with Gasteiger partial charge in [-0.2, -0.15) is 9.97 Å². The van der Waals surface area contributed by atoms with Crippen molar-refractivity contribution in [2.24, 2.45) is 5.14 Å². The van der Waals surface area contributed by atoms with Crippen LogP contribution in [0.3, 0.4) is 0 Å². The van der Waals surface area contributed by atoms with Crippen molar-refractivity contribution in [1.29, 1.82) is 0 Å². The molecular formula is C27H39N11O7S2. The summed E-state index contributed by atoms with van der Waals surface area (Å²) in [6.07, 6.45) is 3.54. The zero-order chi connectivity index (χ0) is 33.6. The number of hydrogen-bond donors (Lipinski definition) is 5. The minimum absolute atomic E-state index is 0.0237. The van der Waals surface area contributed by atoms with Crippen LogP contribution in [0.1, 0.15) is 25.5 Å². The molecule has 47 heavy (non-hydrogen) atoms. The number of aromatic nitrogens is 7. The largest absolute Gasteiger partial charge is 0.463 e. The number of imidazole rings is 1. The van der Waals surface area contributed by atoms with Gasteiger partial charge in [0.1, 0.15) is 11.2 Å². The topological polar surface area (TPSA) is 241 Å². The lowest BCUT2D eigenvalue weighted by Gasteiger charge is -2.11. The Labute approximate surface area is 276 Å². The number of primary sulfonamides is 1. The fourth-order valence-electron chi connectivity index (χ4n) is 4.07. The molecule has 0 aliphatic rings. The van der Waals surface area contributed by atoms with E-state index in [4.69, 9.17) is 42.0 Å². The van der Waals surface area contributed by atoms with Gasteiger partial charge in [-0.05, 0) is 42.9 Å². The van der Waals surface area contributed by atoms with Gasteiger partial charge < -0.3 is 40.3 Å². The number of H-pyrrole nitrogens is 1. The number of anilines is 2. The molecule has 0 bridgehead atoms. The second-order valence-electron chi connectivity index (χ2n) is 10.1. The van der Waals surface area contributed by atoms with Crippen LogP contribution < -0.4 is 31.9 Å². The van der Waals surface area contributed by atoms with Crippen LogP contribution in [-0.4, -0.2) is 101 Å². The van der Waals surface area contributed by atoms with Crippen molar-refractivity contribution < 1.29 is 27.4 Å². The zero-order valence-electron chi connectivity index (χ0n) is 25.9. The molecular weight excluding hydrogens is 655 g/mol. The maximum absolute atomic E-state index is 12.6. The molecule has 256 valence electrons. The fourth-order valence-corrected chi connectivity index (χ4v) is 4.81. The average molecular weight is 694 g/mol. The van der Waals surface area contributed by atoms with Crippen LogP contribution in [-0.2, 0) is 37.3 Å². The Morgan fingerprint density at radius 1 is 1.02 bits per heavy atom. The van der Waals surface area contributed by atoms with E-state index in [-0.39, 0.29) is 23.3 Å². The molecule has 1 aromatic carbocycles. The van der Waals surface area contributed by atoms with Crippen molar-refractivity contribution >= 4 is 50.0 Å². The Kier molecular flexibility index (Phi) is 13.4. The smallest absolute Gasteiger partial charge is 0.328 e. The van der Waals surface area contributed by atoms with E-state index < -0.39 is 15.7 Å². The third kappa shape index (κ3) is 11.2. The van der Waals surface area contributed by atoms with E-state index in [0.29, 0.717) is 87.0 Å². The number of ether oxygens (including phenoxy) is 4. The first kappa shape index (κ1) is 35.6. The number of nitrogens with one attached hydrogen (secondary N) is 3. The minimum atomic E-state index is -3.74. The van der Waals surface area contributed by atoms with Gasteiger partial charge in [-0.3, -0.25) is 4.57 Å². The number of aromatic amines is 1. The summed E-state index contributed by atoms with van der Waals surface area (Å²) in [6.45, 7) is 6.01. The van der Waals surface area contributed by atoms with Gasteiger partial charge in [0, 0.05) is 12.2 Å². The molecule has 0 amide bonds. The molecule has 0 saturated carbocycles. The Hall–Kier alpha value is -4.21. The first-order valence-electron chi connectivity index (χ1n) is 14.8. The second kappa shape index (κ2) is 17.6. The molecule has 0 atom stereocenters. The number of unbranched alkanes of at least 4 members (excludes halogenated alkanes) is 1. The molecule has 0 aliphatic carbocycles. The molecule has 18 nitrogen and oxygen atoms in total. The number of benzene rings is 1. The lowest BCUT2D eigenvalue weighted by molar-refractivity contribution is 0.0137. The van der Waals surface area contributed by atoms with E-state index in [0.717, 1.165) is 12.8 Å². The molecule has 4 aromatic rings. The summed E-state index contributed by atoms with van der Waals surface area (Å²) in [4.78, 5) is 23.8. The number of hydrogen-bond acceptors (Lipinski definition) is 13. The average Bonchev–Trinajstić information content (AvgIpc) is 3.61. The van der Waals surface area contributed by atoms with Crippen LogP contribution in [0.5, 0.6) is 6.01 Å². The van der Waals surface area contributed by atoms with Gasteiger partial charge >= 0.3 is 11.7 Å². The summed E-state index contributed by atoms with van der Waals surface area (Å²) < 4.78 is 47.9. The molecule has 0 aliphatic heterocycles. The summed E-state index contributed by atoms with van der Waals surface area (Å²) in [5, 5.41) is 19.7. The predicted octanol–water partition coefficient (Wildman–Crippen LogP) is 0.204. The Balaban J connectivity index is 1.05. The van der Waals surface area contributed by atoms with Crippen molar-refractivity contribution in [3.63, 3.8) is 0 Å². The number of nitrogens with two attached hydrogens (primary N) is 2. The fraction of sp³-hybridized carbons (Fsp3) is 0.481. The van der Waals surface area contributed by atoms with Crippen molar-refractivity contribution in [1.82, 2.24) is 39.8 Å². The van der Waals surface area contributed by atoms with Gasteiger partial charge in [-0.15, -0.1) is 5.10 Å². The maximum atomic E-state index is 12.6. The van der Waals surface area contributed by atoms with E-state index in [1.165, 1.54) is 16.7 Å². The first-order chi connectivity index (χ1) is 22.6. The predicted molar refractivity (Wildman–Crippen MR) is 177 cm³/mol. The summed E-state index contributed by atoms with van der Waals surface area (Å²) >= 11 is 5.22. The highest BCUT2D eigenvalue weighted by Crippen LogP contribution is 2.18. The lowest BCUT2D eigenvalue weighted by atomic mass is 10.3. The number of fused-ring (bicyclic) bond motifs is 1. The Bertz CT molecular complexity index is 1760. The Morgan fingerprint density at radius 3 is 2.43 bits per heavy atom. The van der Waals surface area contributed by atoms with E-state index >= 15 is 0 Å². The molecule has 7 N–H and O–H groups in total. The van der Waals surface area contributed by atoms with Gasteiger partial charge in [0.05, 0.1) is 70.4 Å². The van der Waals surface area contributed by atoms with Crippen LogP contribution in [0.4, 0.5) is 11.5 Å². The molecule has 0 unspecified atom stereocenters. The van der Waals surface area contributed by atoms with E-state index in [1.807, 2.05) is 6.92 Å². The van der Waals surface area contributed by atoms with Gasteiger partial charge in [-0.1, -0.05) is 18.6 Å². The number of nitrogens with zero attached hydrogens (tertiary/aromatic N) is 6. The number of rotatable bonds is 20. The number of thiocarbonyl (C=S) groups is 1. The quantitative estimate of drug-likeness (QED) is 0.0614. The molecule has 0 spiro atoms. The van der Waals surface area contributed by atoms with E-state index in [9.17, 15) is 13.2 Å². The van der Waals surface area contributed by atoms with E-state index in [2.05, 4.69) is 35.9 Å². The molecule has 3 heterocycles. The van der Waals surface area contributed by atoms with Crippen LogP contribution in [0.15, 0.2) is 40.2 Å². The normalized spacial score (nSPS) is 11.6. The van der Waals surface area contributed by atoms with Crippen molar-refractivity contribution in [3.8, 4) is 6.01 Å². The number of sulfonamides is 1. The van der Waals surface area contributed by atoms with Crippen molar-refractivity contribution in [2.75, 3.05) is 63.8 Å². The monoisotopic (exact) mass is 693 g/mol. The highest BCUT2D eigenvalue weighted by molar-refractivity contribution is 7.89. The third-order valence-electron chi connectivity index (χ3n) is 6.45. The van der Waals surface area contributed by atoms with Crippen LogP contribution in [0.25, 0.3) is 11.2 Å². The highest BCUT2D eigenvalue weighted by atomic mass is 32.2. The SMILES string of the molecule is CCCCOc1nc(N)c2[nH]c(=O)n(Cc3cn(CCOCCOCCOCCNC(=S)Nc4ccc(S(N)(=O)=O)cc4)nn3)c2n1. The van der Waals surface area contributed by atoms with Gasteiger partial charge in [0.25, 0.3) is 0 Å². The third-order valence-corrected chi connectivity index (χ3v) is 7.62. The minimum Gasteiger partial charge on any atom is -0.463 e. The van der Waals surface area contributed by atoms with Gasteiger partial charge in [-0.25, -0.2) is 23.0 Å². The van der Waals surface area contributed by atoms with Gasteiger partial charge in [0.2, 0.25) is 10.0 Å². The van der Waals surface area contributed by atoms with Gasteiger partial charge in [0.15, 0.2) is 16.6 Å². The number of nitrogen functional groups attached to an aromatic ring is 1. The van der Waals surface area contributed by atoms with Crippen LogP contribution in [0.2, 0.25) is 0 Å². The second-order valence-corrected chi connectivity index (χ2v) is 12.0. The molecule has 0 fully saturated rings. The molecule has 3 aromatic heterocycles. The summed E-state index contributed by atoms with van der Waals surface area (Å²) in [7, 11) is -3.74. The van der Waals surface area contributed by atoms with Crippen LogP contribution >= 0.6 is 12.2 Å². The Morgan fingerprint density at radius 2 is 1.72 bits per heavy atom. The molecule has 20 heteroatoms. The standard InChI is InChI=1S/C27H39N11O7S2/c1-2-3-10-45-25-33-23(28)22-24(34-25)38(27(39)32-22)18-20-17-37(36-35-20)9-12-43-14-16-44-15-13-42-11-8-30-26(46)31-19-4-6-21(7-5-19)47(29,40)41/h4-7,17H,2-3,8-16,18H2,1H3,(H,32,39)(H2,28,33,34)(H2,29,40,41)(H2,30,31,46). The first-order valence-corrected chi connectivity index (χ1v) is 16.8. The highest BCUT2D eigenvalue weighted by Gasteiger charge is 2.16. The van der Waals surface area contributed by atoms with Crippen molar-refractivity contribution in [3.05, 3.63) is 46.6 Å².